The molecule has 0 bridgehead atoms. The third kappa shape index (κ3) is 3.29. The van der Waals surface area contributed by atoms with E-state index in [0.29, 0.717) is 13.2 Å². The molecule has 1 heterocycles. The number of carbonyl (C=O) groups is 1. The molecule has 0 saturated carbocycles. The van der Waals surface area contributed by atoms with Gasteiger partial charge in [0.2, 0.25) is 5.91 Å². The number of primary amides is 1. The van der Waals surface area contributed by atoms with Crippen molar-refractivity contribution < 1.29 is 14.6 Å². The molecule has 98 valence electrons. The molecule has 3 N–H and O–H groups in total. The maximum atomic E-state index is 11.1. The zero-order valence-corrected chi connectivity index (χ0v) is 10.2. The highest BCUT2D eigenvalue weighted by Gasteiger charge is 2.24. The monoisotopic (exact) mass is 250 g/mol. The maximum absolute atomic E-state index is 11.1. The smallest absolute Gasteiger partial charge is 0.247 e. The van der Waals surface area contributed by atoms with E-state index < -0.39 is 12.0 Å². The van der Waals surface area contributed by atoms with Crippen molar-refractivity contribution in [1.29, 1.82) is 0 Å². The van der Waals surface area contributed by atoms with Gasteiger partial charge in [0.05, 0.1) is 13.2 Å². The fourth-order valence-corrected chi connectivity index (χ4v) is 2.03. The topological polar surface area (TPSA) is 75.8 Å². The molecular formula is C13H18N2O3. The number of morpholine rings is 1. The number of ether oxygens (including phenoxy) is 1. The number of rotatable bonds is 4. The lowest BCUT2D eigenvalue weighted by Crippen LogP contribution is -2.47. The van der Waals surface area contributed by atoms with E-state index in [1.165, 1.54) is 0 Å². The zero-order valence-electron chi connectivity index (χ0n) is 10.2. The van der Waals surface area contributed by atoms with Crippen molar-refractivity contribution in [2.24, 2.45) is 5.73 Å². The van der Waals surface area contributed by atoms with E-state index in [1.54, 1.807) is 0 Å². The van der Waals surface area contributed by atoms with E-state index in [2.05, 4.69) is 4.90 Å². The molecule has 1 unspecified atom stereocenters. The van der Waals surface area contributed by atoms with Crippen LogP contribution in [0.4, 0.5) is 0 Å². The Labute approximate surface area is 106 Å². The van der Waals surface area contributed by atoms with Crippen LogP contribution in [0.1, 0.15) is 11.1 Å². The Morgan fingerprint density at radius 3 is 2.67 bits per heavy atom. The first-order valence-electron chi connectivity index (χ1n) is 6.01. The van der Waals surface area contributed by atoms with E-state index in [-0.39, 0.29) is 6.61 Å². The van der Waals surface area contributed by atoms with Gasteiger partial charge in [-0.3, -0.25) is 9.69 Å². The molecule has 2 rings (SSSR count). The Morgan fingerprint density at radius 1 is 1.39 bits per heavy atom. The van der Waals surface area contributed by atoms with Crippen molar-refractivity contribution in [3.05, 3.63) is 35.4 Å². The van der Waals surface area contributed by atoms with Gasteiger partial charge < -0.3 is 15.6 Å². The minimum absolute atomic E-state index is 0.0571. The lowest BCUT2D eigenvalue weighted by molar-refractivity contribution is -0.135. The highest BCUT2D eigenvalue weighted by Crippen LogP contribution is 2.11. The van der Waals surface area contributed by atoms with Crippen molar-refractivity contribution in [1.82, 2.24) is 4.90 Å². The average Bonchev–Trinajstić information content (AvgIpc) is 2.40. The second kappa shape index (κ2) is 5.95. The van der Waals surface area contributed by atoms with Crippen LogP contribution in [-0.4, -0.2) is 41.7 Å². The van der Waals surface area contributed by atoms with Crippen LogP contribution in [-0.2, 0) is 22.7 Å². The number of carbonyl (C=O) groups excluding carboxylic acids is 1. The SMILES string of the molecule is NC(=O)C1CN(Cc2ccc(CO)cc2)CCO1. The van der Waals surface area contributed by atoms with Crippen molar-refractivity contribution >= 4 is 5.91 Å². The molecule has 0 aliphatic carbocycles. The van der Waals surface area contributed by atoms with Gasteiger partial charge in [0.25, 0.3) is 0 Å². The average molecular weight is 250 g/mol. The molecular weight excluding hydrogens is 232 g/mol. The van der Waals surface area contributed by atoms with Gasteiger partial charge in [-0.15, -0.1) is 0 Å². The van der Waals surface area contributed by atoms with Crippen LogP contribution in [0, 0.1) is 0 Å². The van der Waals surface area contributed by atoms with Crippen LogP contribution < -0.4 is 5.73 Å². The first kappa shape index (κ1) is 13.0. The van der Waals surface area contributed by atoms with Gasteiger partial charge in [0, 0.05) is 19.6 Å². The van der Waals surface area contributed by atoms with Crippen molar-refractivity contribution in [3.8, 4) is 0 Å². The summed E-state index contributed by atoms with van der Waals surface area (Å²) in [7, 11) is 0. The maximum Gasteiger partial charge on any atom is 0.247 e. The summed E-state index contributed by atoms with van der Waals surface area (Å²) in [6, 6.07) is 7.78. The Balaban J connectivity index is 1.93. The van der Waals surface area contributed by atoms with E-state index in [9.17, 15) is 4.79 Å². The van der Waals surface area contributed by atoms with Crippen molar-refractivity contribution in [2.75, 3.05) is 19.7 Å². The third-order valence-corrected chi connectivity index (χ3v) is 3.08. The fourth-order valence-electron chi connectivity index (χ4n) is 2.03. The van der Waals surface area contributed by atoms with Crippen molar-refractivity contribution in [2.45, 2.75) is 19.3 Å². The Kier molecular flexibility index (Phi) is 4.30. The lowest BCUT2D eigenvalue weighted by atomic mass is 10.1. The molecule has 1 amide bonds. The molecule has 1 atom stereocenters. The summed E-state index contributed by atoms with van der Waals surface area (Å²) in [5.74, 6) is -0.407. The largest absolute Gasteiger partial charge is 0.392 e. The van der Waals surface area contributed by atoms with Crippen molar-refractivity contribution in [3.63, 3.8) is 0 Å². The Hall–Kier alpha value is -1.43. The summed E-state index contributed by atoms with van der Waals surface area (Å²) in [6.07, 6.45) is -0.504. The molecule has 0 spiro atoms. The first-order chi connectivity index (χ1) is 8.69. The summed E-state index contributed by atoms with van der Waals surface area (Å²) >= 11 is 0. The van der Waals surface area contributed by atoms with Gasteiger partial charge in [-0.25, -0.2) is 0 Å². The molecule has 18 heavy (non-hydrogen) atoms. The lowest BCUT2D eigenvalue weighted by Gasteiger charge is -2.31. The highest BCUT2D eigenvalue weighted by molar-refractivity contribution is 5.79. The summed E-state index contributed by atoms with van der Waals surface area (Å²) < 4.78 is 5.29. The standard InChI is InChI=1S/C13H18N2O3/c14-13(17)12-8-15(5-6-18-12)7-10-1-3-11(9-16)4-2-10/h1-4,12,16H,5-9H2,(H2,14,17). The highest BCUT2D eigenvalue weighted by atomic mass is 16.5. The van der Waals surface area contributed by atoms with Crippen LogP contribution in [0.3, 0.4) is 0 Å². The normalized spacial score (nSPS) is 20.8. The molecule has 1 aromatic carbocycles. The van der Waals surface area contributed by atoms with Gasteiger partial charge in [-0.2, -0.15) is 0 Å². The Morgan fingerprint density at radius 2 is 2.06 bits per heavy atom. The van der Waals surface area contributed by atoms with Gasteiger partial charge in [-0.05, 0) is 11.1 Å². The number of aliphatic hydroxyl groups is 1. The number of hydrogen-bond acceptors (Lipinski definition) is 4. The number of amides is 1. The molecule has 5 heteroatoms. The molecule has 0 aromatic heterocycles. The summed E-state index contributed by atoms with van der Waals surface area (Å²) in [4.78, 5) is 13.2. The van der Waals surface area contributed by atoms with Gasteiger partial charge >= 0.3 is 0 Å². The van der Waals surface area contributed by atoms with E-state index in [4.69, 9.17) is 15.6 Å². The van der Waals surface area contributed by atoms with E-state index >= 15 is 0 Å². The summed E-state index contributed by atoms with van der Waals surface area (Å²) in [6.45, 7) is 2.69. The number of benzene rings is 1. The number of nitrogens with zero attached hydrogens (tertiary/aromatic N) is 1. The zero-order chi connectivity index (χ0) is 13.0. The fraction of sp³-hybridized carbons (Fsp3) is 0.462. The second-order valence-corrected chi connectivity index (χ2v) is 4.47. The van der Waals surface area contributed by atoms with Crippen LogP contribution in [0.15, 0.2) is 24.3 Å². The molecule has 5 nitrogen and oxygen atoms in total. The molecule has 0 radical (unpaired) electrons. The van der Waals surface area contributed by atoms with Crippen LogP contribution in [0.2, 0.25) is 0 Å². The van der Waals surface area contributed by atoms with Crippen LogP contribution >= 0.6 is 0 Å². The number of aliphatic hydroxyl groups excluding tert-OH is 1. The first-order valence-corrected chi connectivity index (χ1v) is 6.01. The van der Waals surface area contributed by atoms with Crippen LogP contribution in [0.5, 0.6) is 0 Å². The predicted molar refractivity (Wildman–Crippen MR) is 66.6 cm³/mol. The number of hydrogen-bond donors (Lipinski definition) is 2. The van der Waals surface area contributed by atoms with E-state index in [1.807, 2.05) is 24.3 Å². The van der Waals surface area contributed by atoms with Crippen LogP contribution in [0.25, 0.3) is 0 Å². The van der Waals surface area contributed by atoms with Gasteiger partial charge in [0.1, 0.15) is 6.10 Å². The van der Waals surface area contributed by atoms with E-state index in [0.717, 1.165) is 24.2 Å². The third-order valence-electron chi connectivity index (χ3n) is 3.08. The second-order valence-electron chi connectivity index (χ2n) is 4.47. The minimum atomic E-state index is -0.504. The minimum Gasteiger partial charge on any atom is -0.392 e. The van der Waals surface area contributed by atoms with Gasteiger partial charge in [0.15, 0.2) is 0 Å². The summed E-state index contributed by atoms with van der Waals surface area (Å²) in [5.41, 5.74) is 7.29. The predicted octanol–water partition coefficient (Wildman–Crippen LogP) is -0.135. The summed E-state index contributed by atoms with van der Waals surface area (Å²) in [5, 5.41) is 8.97. The molecule has 1 aliphatic rings. The molecule has 1 fully saturated rings. The molecule has 1 aliphatic heterocycles. The Bertz CT molecular complexity index is 405. The quantitative estimate of drug-likeness (QED) is 0.780. The number of nitrogens with two attached hydrogens (primary N) is 1. The van der Waals surface area contributed by atoms with Gasteiger partial charge in [-0.1, -0.05) is 24.3 Å². The molecule has 1 saturated heterocycles. The molecule has 1 aromatic rings.